The molecule has 0 saturated carbocycles. The number of hydrogen-bond acceptors (Lipinski definition) is 4. The molecule has 24 heavy (non-hydrogen) atoms. The number of rotatable bonds is 3. The van der Waals surface area contributed by atoms with Crippen LogP contribution in [0.4, 0.5) is 4.79 Å². The first-order valence-electron chi connectivity index (χ1n) is 8.48. The molecule has 5 nitrogen and oxygen atoms in total. The fourth-order valence-electron chi connectivity index (χ4n) is 3.42. The van der Waals surface area contributed by atoms with E-state index < -0.39 is 5.60 Å². The second-order valence-electron chi connectivity index (χ2n) is 6.54. The first-order chi connectivity index (χ1) is 11.6. The molecule has 0 spiro atoms. The predicted octanol–water partition coefficient (Wildman–Crippen LogP) is 3.44. The van der Waals surface area contributed by atoms with Crippen molar-refractivity contribution in [2.24, 2.45) is 0 Å². The average molecular weight is 329 g/mol. The highest BCUT2D eigenvalue weighted by Gasteiger charge is 2.44. The van der Waals surface area contributed by atoms with Gasteiger partial charge in [-0.2, -0.15) is 0 Å². The molecular weight excluding hydrogens is 306 g/mol. The lowest BCUT2D eigenvalue weighted by atomic mass is 9.92. The molecule has 2 aliphatic heterocycles. The van der Waals surface area contributed by atoms with Crippen molar-refractivity contribution in [3.05, 3.63) is 48.0 Å². The van der Waals surface area contributed by atoms with Gasteiger partial charge in [0.2, 0.25) is 0 Å². The van der Waals surface area contributed by atoms with Crippen LogP contribution >= 0.6 is 0 Å². The number of esters is 1. The molecule has 3 rings (SSSR count). The molecule has 0 bridgehead atoms. The Balaban J connectivity index is 1.71. The molecule has 5 heteroatoms. The van der Waals surface area contributed by atoms with Gasteiger partial charge >= 0.3 is 12.1 Å². The highest BCUT2D eigenvalue weighted by Crippen LogP contribution is 2.33. The van der Waals surface area contributed by atoms with Gasteiger partial charge in [-0.25, -0.2) is 9.59 Å². The summed E-state index contributed by atoms with van der Waals surface area (Å²) in [6, 6.07) is 9.43. The fraction of sp³-hybridized carbons (Fsp3) is 0.474. The molecule has 0 radical (unpaired) electrons. The maximum atomic E-state index is 12.7. The lowest BCUT2D eigenvalue weighted by Gasteiger charge is -2.38. The minimum absolute atomic E-state index is 0.189. The standard InChI is InChI=1S/C19H23NO4/c1-19(12-11-17(21)24-19)16-10-6-3-7-13-20(16)18(22)23-14-15-8-4-2-5-9-15/h2,4-5,8-9,11-12,16H,3,6-7,10,13-14H2,1H3/t16-,19-/m1/s1. The van der Waals surface area contributed by atoms with Crippen LogP contribution in [0.2, 0.25) is 0 Å². The Morgan fingerprint density at radius 3 is 2.79 bits per heavy atom. The van der Waals surface area contributed by atoms with Gasteiger partial charge < -0.3 is 14.4 Å². The molecule has 128 valence electrons. The van der Waals surface area contributed by atoms with Gasteiger partial charge in [0.15, 0.2) is 0 Å². The van der Waals surface area contributed by atoms with Crippen LogP contribution in [0.1, 0.15) is 38.2 Å². The Labute approximate surface area is 142 Å². The lowest BCUT2D eigenvalue weighted by Crippen LogP contribution is -2.52. The van der Waals surface area contributed by atoms with Crippen molar-refractivity contribution in [3.63, 3.8) is 0 Å². The van der Waals surface area contributed by atoms with E-state index in [1.165, 1.54) is 6.08 Å². The molecule has 0 aromatic heterocycles. The second-order valence-corrected chi connectivity index (χ2v) is 6.54. The SMILES string of the molecule is C[C@]1([C@H]2CCCCCN2C(=O)OCc2ccccc2)C=CC(=O)O1. The van der Waals surface area contributed by atoms with Gasteiger partial charge in [0.1, 0.15) is 12.2 Å². The van der Waals surface area contributed by atoms with Crippen LogP contribution in [-0.4, -0.2) is 35.2 Å². The van der Waals surface area contributed by atoms with Gasteiger partial charge in [-0.1, -0.05) is 43.2 Å². The molecule has 0 aliphatic carbocycles. The number of likely N-dealkylation sites (tertiary alicyclic amines) is 1. The molecule has 1 fully saturated rings. The van der Waals surface area contributed by atoms with Crippen molar-refractivity contribution < 1.29 is 19.1 Å². The van der Waals surface area contributed by atoms with Crippen LogP contribution < -0.4 is 0 Å². The summed E-state index contributed by atoms with van der Waals surface area (Å²) in [5.41, 5.74) is 0.184. The molecule has 0 N–H and O–H groups in total. The Bertz CT molecular complexity index is 628. The van der Waals surface area contributed by atoms with Crippen LogP contribution in [-0.2, 0) is 20.9 Å². The molecular formula is C19H23NO4. The zero-order valence-corrected chi connectivity index (χ0v) is 13.9. The van der Waals surface area contributed by atoms with E-state index in [-0.39, 0.29) is 24.7 Å². The maximum absolute atomic E-state index is 12.7. The van der Waals surface area contributed by atoms with Crippen molar-refractivity contribution >= 4 is 12.1 Å². The van der Waals surface area contributed by atoms with Gasteiger partial charge in [-0.3, -0.25) is 0 Å². The monoisotopic (exact) mass is 329 g/mol. The van der Waals surface area contributed by atoms with Crippen molar-refractivity contribution in [2.75, 3.05) is 6.54 Å². The van der Waals surface area contributed by atoms with Gasteiger partial charge in [0.05, 0.1) is 6.04 Å². The van der Waals surface area contributed by atoms with Crippen LogP contribution in [0.3, 0.4) is 0 Å². The fourth-order valence-corrected chi connectivity index (χ4v) is 3.42. The molecule has 1 aromatic carbocycles. The summed E-state index contributed by atoms with van der Waals surface area (Å²) < 4.78 is 11.0. The third-order valence-electron chi connectivity index (χ3n) is 4.72. The zero-order valence-electron chi connectivity index (χ0n) is 13.9. The van der Waals surface area contributed by atoms with Gasteiger partial charge in [0, 0.05) is 12.6 Å². The predicted molar refractivity (Wildman–Crippen MR) is 89.2 cm³/mol. The van der Waals surface area contributed by atoms with Crippen LogP contribution in [0.15, 0.2) is 42.5 Å². The van der Waals surface area contributed by atoms with E-state index >= 15 is 0 Å². The summed E-state index contributed by atoms with van der Waals surface area (Å²) in [5, 5.41) is 0. The first-order valence-corrected chi connectivity index (χ1v) is 8.48. The highest BCUT2D eigenvalue weighted by molar-refractivity contribution is 5.85. The Morgan fingerprint density at radius 1 is 1.29 bits per heavy atom. The number of carbonyl (C=O) groups is 2. The minimum atomic E-state index is -0.771. The Kier molecular flexibility index (Phi) is 4.88. The molecule has 1 aromatic rings. The number of ether oxygens (including phenoxy) is 2. The van der Waals surface area contributed by atoms with Crippen LogP contribution in [0.5, 0.6) is 0 Å². The number of benzene rings is 1. The van der Waals surface area contributed by atoms with E-state index in [4.69, 9.17) is 9.47 Å². The first kappa shape index (κ1) is 16.6. The number of hydrogen-bond donors (Lipinski definition) is 0. The van der Waals surface area contributed by atoms with Crippen molar-refractivity contribution in [2.45, 2.75) is 50.9 Å². The van der Waals surface area contributed by atoms with Gasteiger partial charge in [-0.05, 0) is 31.4 Å². The summed E-state index contributed by atoms with van der Waals surface area (Å²) >= 11 is 0. The molecule has 2 heterocycles. The zero-order chi connectivity index (χ0) is 17.0. The van der Waals surface area contributed by atoms with E-state index in [0.717, 1.165) is 31.2 Å². The third kappa shape index (κ3) is 3.61. The highest BCUT2D eigenvalue weighted by atomic mass is 16.6. The number of carbonyl (C=O) groups excluding carboxylic acids is 2. The topological polar surface area (TPSA) is 55.8 Å². The normalized spacial score (nSPS) is 26.8. The van der Waals surface area contributed by atoms with E-state index in [2.05, 4.69) is 0 Å². The Morgan fingerprint density at radius 2 is 2.08 bits per heavy atom. The number of nitrogens with zero attached hydrogens (tertiary/aromatic N) is 1. The third-order valence-corrected chi connectivity index (χ3v) is 4.72. The van der Waals surface area contributed by atoms with Crippen LogP contribution in [0, 0.1) is 0 Å². The minimum Gasteiger partial charge on any atom is -0.450 e. The average Bonchev–Trinajstić information content (AvgIpc) is 2.79. The van der Waals surface area contributed by atoms with E-state index in [1.807, 2.05) is 37.3 Å². The second kappa shape index (κ2) is 7.07. The Hall–Kier alpha value is -2.30. The van der Waals surface area contributed by atoms with E-state index in [0.29, 0.717) is 6.54 Å². The lowest BCUT2D eigenvalue weighted by molar-refractivity contribution is -0.149. The van der Waals surface area contributed by atoms with E-state index in [9.17, 15) is 9.59 Å². The van der Waals surface area contributed by atoms with Crippen LogP contribution in [0.25, 0.3) is 0 Å². The van der Waals surface area contributed by atoms with Gasteiger partial charge in [-0.15, -0.1) is 0 Å². The molecule has 1 amide bonds. The van der Waals surface area contributed by atoms with E-state index in [1.54, 1.807) is 11.0 Å². The molecule has 0 unspecified atom stereocenters. The summed E-state index contributed by atoms with van der Waals surface area (Å²) in [5.74, 6) is -0.348. The molecule has 2 atom stereocenters. The molecule has 2 aliphatic rings. The largest absolute Gasteiger partial charge is 0.450 e. The number of cyclic esters (lactones) is 1. The number of amides is 1. The van der Waals surface area contributed by atoms with Crippen molar-refractivity contribution in [1.82, 2.24) is 4.90 Å². The van der Waals surface area contributed by atoms with Crippen molar-refractivity contribution in [3.8, 4) is 0 Å². The summed E-state index contributed by atoms with van der Waals surface area (Å²) in [4.78, 5) is 25.9. The summed E-state index contributed by atoms with van der Waals surface area (Å²) in [6.45, 7) is 2.73. The van der Waals surface area contributed by atoms with Gasteiger partial charge in [0.25, 0.3) is 0 Å². The van der Waals surface area contributed by atoms with Crippen molar-refractivity contribution in [1.29, 1.82) is 0 Å². The molecule has 1 saturated heterocycles. The summed E-state index contributed by atoms with van der Waals surface area (Å²) in [6.07, 6.45) is 6.67. The smallest absolute Gasteiger partial charge is 0.410 e. The summed E-state index contributed by atoms with van der Waals surface area (Å²) in [7, 11) is 0. The quantitative estimate of drug-likeness (QED) is 0.797. The maximum Gasteiger partial charge on any atom is 0.410 e.